The Balaban J connectivity index is 1.84. The molecule has 0 aromatic rings. The lowest BCUT2D eigenvalue weighted by Gasteiger charge is -2.40. The van der Waals surface area contributed by atoms with Crippen LogP contribution in [0, 0.1) is 11.3 Å². The fourth-order valence-electron chi connectivity index (χ4n) is 4.29. The molecule has 0 radical (unpaired) electrons. The topological polar surface area (TPSA) is 15.3 Å². The van der Waals surface area contributed by atoms with Gasteiger partial charge in [0.15, 0.2) is 0 Å². The van der Waals surface area contributed by atoms with E-state index in [9.17, 15) is 0 Å². The fraction of sp³-hybridized carbons (Fsp3) is 1.00. The van der Waals surface area contributed by atoms with Crippen LogP contribution in [-0.2, 0) is 0 Å². The van der Waals surface area contributed by atoms with E-state index in [0.717, 1.165) is 18.5 Å². The predicted molar refractivity (Wildman–Crippen MR) is 88.1 cm³/mol. The molecule has 1 saturated heterocycles. The summed E-state index contributed by atoms with van der Waals surface area (Å²) < 4.78 is 0. The third kappa shape index (κ3) is 4.21. The number of likely N-dealkylation sites (tertiary alicyclic amines) is 1. The van der Waals surface area contributed by atoms with E-state index in [1.54, 1.807) is 0 Å². The lowest BCUT2D eigenvalue weighted by atomic mass is 9.84. The summed E-state index contributed by atoms with van der Waals surface area (Å²) in [5.74, 6) is 1.03. The molecule has 2 heteroatoms. The van der Waals surface area contributed by atoms with Crippen LogP contribution < -0.4 is 5.32 Å². The predicted octanol–water partition coefficient (Wildman–Crippen LogP) is 4.06. The molecule has 0 bridgehead atoms. The van der Waals surface area contributed by atoms with Gasteiger partial charge in [-0.05, 0) is 69.5 Å². The maximum absolute atomic E-state index is 3.78. The third-order valence-electron chi connectivity index (χ3n) is 5.50. The summed E-state index contributed by atoms with van der Waals surface area (Å²) in [5.41, 5.74) is 0.375. The molecular weight excluding hydrogens is 244 g/mol. The van der Waals surface area contributed by atoms with Gasteiger partial charge in [-0.2, -0.15) is 0 Å². The lowest BCUT2D eigenvalue weighted by Crippen LogP contribution is -2.47. The largest absolute Gasteiger partial charge is 0.313 e. The van der Waals surface area contributed by atoms with Crippen LogP contribution in [0.2, 0.25) is 0 Å². The second kappa shape index (κ2) is 7.26. The molecule has 20 heavy (non-hydrogen) atoms. The maximum Gasteiger partial charge on any atom is 0.0128 e. The molecule has 2 aliphatic rings. The van der Waals surface area contributed by atoms with Crippen LogP contribution in [0.3, 0.4) is 0 Å². The van der Waals surface area contributed by atoms with Crippen molar-refractivity contribution in [2.75, 3.05) is 19.6 Å². The van der Waals surface area contributed by atoms with Crippen molar-refractivity contribution in [1.82, 2.24) is 10.2 Å². The number of nitrogens with zero attached hydrogens (tertiary/aromatic N) is 1. The van der Waals surface area contributed by atoms with E-state index < -0.39 is 0 Å². The van der Waals surface area contributed by atoms with Gasteiger partial charge in [0.2, 0.25) is 0 Å². The number of hydrogen-bond acceptors (Lipinski definition) is 2. The van der Waals surface area contributed by atoms with Gasteiger partial charge in [0, 0.05) is 12.1 Å². The van der Waals surface area contributed by atoms with Crippen LogP contribution in [0.5, 0.6) is 0 Å². The van der Waals surface area contributed by atoms with Gasteiger partial charge in [0.25, 0.3) is 0 Å². The first-order chi connectivity index (χ1) is 9.52. The number of rotatable bonds is 6. The maximum atomic E-state index is 3.78. The number of hydrogen-bond donors (Lipinski definition) is 1. The summed E-state index contributed by atoms with van der Waals surface area (Å²) in [5, 5.41) is 3.78. The molecule has 1 aliphatic heterocycles. The van der Waals surface area contributed by atoms with Crippen molar-refractivity contribution < 1.29 is 0 Å². The second-order valence-electron chi connectivity index (χ2n) is 8.10. The van der Waals surface area contributed by atoms with Crippen molar-refractivity contribution in [3.8, 4) is 0 Å². The molecule has 1 N–H and O–H groups in total. The molecule has 1 heterocycles. The van der Waals surface area contributed by atoms with Crippen LogP contribution in [0.25, 0.3) is 0 Å². The molecule has 2 fully saturated rings. The van der Waals surface area contributed by atoms with Gasteiger partial charge in [-0.3, -0.25) is 0 Å². The van der Waals surface area contributed by atoms with Crippen molar-refractivity contribution in [2.24, 2.45) is 11.3 Å². The van der Waals surface area contributed by atoms with Crippen LogP contribution in [0.1, 0.15) is 72.6 Å². The third-order valence-corrected chi connectivity index (χ3v) is 5.50. The van der Waals surface area contributed by atoms with E-state index in [-0.39, 0.29) is 0 Å². The Morgan fingerprint density at radius 2 is 1.90 bits per heavy atom. The van der Waals surface area contributed by atoms with Crippen molar-refractivity contribution in [2.45, 2.75) is 84.7 Å². The Bertz CT molecular complexity index is 282. The van der Waals surface area contributed by atoms with Crippen molar-refractivity contribution in [3.05, 3.63) is 0 Å². The van der Waals surface area contributed by atoms with Gasteiger partial charge in [-0.1, -0.05) is 34.1 Å². The zero-order valence-electron chi connectivity index (χ0n) is 14.3. The van der Waals surface area contributed by atoms with Crippen LogP contribution in [0.15, 0.2) is 0 Å². The van der Waals surface area contributed by atoms with E-state index in [4.69, 9.17) is 0 Å². The van der Waals surface area contributed by atoms with E-state index in [2.05, 4.69) is 37.9 Å². The molecule has 1 aliphatic carbocycles. The van der Waals surface area contributed by atoms with Gasteiger partial charge in [-0.25, -0.2) is 0 Å². The molecule has 0 spiro atoms. The second-order valence-corrected chi connectivity index (χ2v) is 8.10. The summed E-state index contributed by atoms with van der Waals surface area (Å²) in [6.45, 7) is 13.2. The molecule has 2 nitrogen and oxygen atoms in total. The molecule has 3 atom stereocenters. The highest BCUT2D eigenvalue weighted by molar-refractivity contribution is 4.90. The van der Waals surface area contributed by atoms with Gasteiger partial charge in [0.1, 0.15) is 0 Å². The summed E-state index contributed by atoms with van der Waals surface area (Å²) in [4.78, 5) is 2.83. The zero-order chi connectivity index (χ0) is 14.6. The van der Waals surface area contributed by atoms with Crippen molar-refractivity contribution >= 4 is 0 Å². The van der Waals surface area contributed by atoms with Crippen molar-refractivity contribution in [1.29, 1.82) is 0 Å². The zero-order valence-corrected chi connectivity index (χ0v) is 14.3. The first kappa shape index (κ1) is 16.3. The summed E-state index contributed by atoms with van der Waals surface area (Å²) in [6, 6.07) is 1.58. The van der Waals surface area contributed by atoms with Gasteiger partial charge < -0.3 is 10.2 Å². The van der Waals surface area contributed by atoms with Crippen LogP contribution >= 0.6 is 0 Å². The summed E-state index contributed by atoms with van der Waals surface area (Å²) in [6.07, 6.45) is 9.92. The SMILES string of the molecule is CCCNC(CCN1CCCC2CCCC21)C(C)(C)C. The van der Waals surface area contributed by atoms with E-state index in [0.29, 0.717) is 11.5 Å². The van der Waals surface area contributed by atoms with E-state index in [1.165, 1.54) is 58.0 Å². The lowest BCUT2D eigenvalue weighted by molar-refractivity contribution is 0.0997. The number of piperidine rings is 1. The highest BCUT2D eigenvalue weighted by Crippen LogP contribution is 2.37. The minimum Gasteiger partial charge on any atom is -0.313 e. The Labute approximate surface area is 126 Å². The molecule has 3 unspecified atom stereocenters. The summed E-state index contributed by atoms with van der Waals surface area (Å²) >= 11 is 0. The Morgan fingerprint density at radius 1 is 1.15 bits per heavy atom. The average molecular weight is 280 g/mol. The quantitative estimate of drug-likeness (QED) is 0.789. The first-order valence-electron chi connectivity index (χ1n) is 8.99. The van der Waals surface area contributed by atoms with Gasteiger partial charge in [0.05, 0.1) is 0 Å². The summed E-state index contributed by atoms with van der Waals surface area (Å²) in [7, 11) is 0. The molecular formula is C18H36N2. The van der Waals surface area contributed by atoms with Crippen LogP contribution in [-0.4, -0.2) is 36.6 Å². The number of nitrogens with one attached hydrogen (secondary N) is 1. The minimum absolute atomic E-state index is 0.375. The standard InChI is InChI=1S/C18H36N2/c1-5-12-19-17(18(2,3)4)11-14-20-13-7-9-15-8-6-10-16(15)20/h15-17,19H,5-14H2,1-4H3. The molecule has 0 aromatic carbocycles. The molecule has 2 rings (SSSR count). The Kier molecular flexibility index (Phi) is 5.92. The van der Waals surface area contributed by atoms with E-state index >= 15 is 0 Å². The monoisotopic (exact) mass is 280 g/mol. The van der Waals surface area contributed by atoms with Crippen molar-refractivity contribution in [3.63, 3.8) is 0 Å². The van der Waals surface area contributed by atoms with E-state index in [1.807, 2.05) is 0 Å². The van der Waals surface area contributed by atoms with Gasteiger partial charge in [-0.15, -0.1) is 0 Å². The van der Waals surface area contributed by atoms with Crippen LogP contribution in [0.4, 0.5) is 0 Å². The van der Waals surface area contributed by atoms with Gasteiger partial charge >= 0.3 is 0 Å². The minimum atomic E-state index is 0.375. The average Bonchev–Trinajstić information content (AvgIpc) is 2.86. The smallest absolute Gasteiger partial charge is 0.0128 e. The Hall–Kier alpha value is -0.0800. The highest BCUT2D eigenvalue weighted by atomic mass is 15.2. The normalized spacial score (nSPS) is 29.4. The molecule has 118 valence electrons. The fourth-order valence-corrected chi connectivity index (χ4v) is 4.29. The number of fused-ring (bicyclic) bond motifs is 1. The molecule has 0 amide bonds. The molecule has 1 saturated carbocycles. The molecule has 0 aromatic heterocycles. The highest BCUT2D eigenvalue weighted by Gasteiger charge is 2.35. The Morgan fingerprint density at radius 3 is 2.60 bits per heavy atom. The first-order valence-corrected chi connectivity index (χ1v) is 8.99.